The Labute approximate surface area is 97.8 Å². The monoisotopic (exact) mass is 250 g/mol. The number of anilines is 1. The van der Waals surface area contributed by atoms with Gasteiger partial charge in [-0.3, -0.25) is 0 Å². The Hall–Kier alpha value is -0.650. The fraction of sp³-hybridized carbons (Fsp3) is 0.625. The van der Waals surface area contributed by atoms with E-state index in [1.54, 1.807) is 0 Å². The highest BCUT2D eigenvalue weighted by atomic mass is 35.5. The lowest BCUT2D eigenvalue weighted by Crippen LogP contribution is -2.30. The van der Waals surface area contributed by atoms with Crippen LogP contribution >= 0.6 is 23.2 Å². The van der Waals surface area contributed by atoms with Crippen LogP contribution in [0.2, 0.25) is 10.4 Å². The number of aromatic nitrogens is 3. The quantitative estimate of drug-likeness (QED) is 0.850. The van der Waals surface area contributed by atoms with Gasteiger partial charge in [0.25, 0.3) is 0 Å². The first-order valence-electron chi connectivity index (χ1n) is 4.47. The normalized spacial score (nSPS) is 12.9. The smallest absolute Gasteiger partial charge is 0.245 e. The van der Waals surface area contributed by atoms with Gasteiger partial charge in [0.1, 0.15) is 0 Å². The number of rotatable bonds is 4. The molecule has 0 aliphatic rings. The zero-order valence-electron chi connectivity index (χ0n) is 8.41. The van der Waals surface area contributed by atoms with Crippen LogP contribution in [0.4, 0.5) is 5.82 Å². The second-order valence-corrected chi connectivity index (χ2v) is 4.09. The van der Waals surface area contributed by atoms with Crippen molar-refractivity contribution in [3.05, 3.63) is 10.4 Å². The van der Waals surface area contributed by atoms with Crippen LogP contribution in [0.5, 0.6) is 0 Å². The molecule has 1 aromatic heterocycles. The summed E-state index contributed by atoms with van der Waals surface area (Å²) in [5, 5.41) is 19.3. The minimum absolute atomic E-state index is 0.0161. The van der Waals surface area contributed by atoms with E-state index in [2.05, 4.69) is 20.5 Å². The van der Waals surface area contributed by atoms with Gasteiger partial charge in [0.2, 0.25) is 5.28 Å². The molecule has 15 heavy (non-hydrogen) atoms. The van der Waals surface area contributed by atoms with E-state index < -0.39 is 0 Å². The topological polar surface area (TPSA) is 70.9 Å². The first kappa shape index (κ1) is 12.4. The van der Waals surface area contributed by atoms with Crippen LogP contribution in [0.25, 0.3) is 0 Å². The van der Waals surface area contributed by atoms with E-state index in [0.717, 1.165) is 0 Å². The minimum Gasteiger partial charge on any atom is -0.394 e. The average Bonchev–Trinajstić information content (AvgIpc) is 2.18. The van der Waals surface area contributed by atoms with Gasteiger partial charge in [-0.1, -0.05) is 25.4 Å². The number of aliphatic hydroxyl groups excluding tert-OH is 1. The van der Waals surface area contributed by atoms with Gasteiger partial charge >= 0.3 is 0 Å². The van der Waals surface area contributed by atoms with E-state index in [4.69, 9.17) is 28.3 Å². The van der Waals surface area contributed by atoms with Crippen molar-refractivity contribution in [1.82, 2.24) is 15.2 Å². The van der Waals surface area contributed by atoms with Crippen LogP contribution in [0, 0.1) is 5.92 Å². The Morgan fingerprint density at radius 3 is 2.53 bits per heavy atom. The van der Waals surface area contributed by atoms with E-state index >= 15 is 0 Å². The van der Waals surface area contributed by atoms with Crippen molar-refractivity contribution in [3.63, 3.8) is 0 Å². The maximum Gasteiger partial charge on any atom is 0.245 e. The fourth-order valence-corrected chi connectivity index (χ4v) is 1.24. The largest absolute Gasteiger partial charge is 0.394 e. The third kappa shape index (κ3) is 3.44. The lowest BCUT2D eigenvalue weighted by atomic mass is 10.1. The van der Waals surface area contributed by atoms with Crippen LogP contribution in [0.15, 0.2) is 0 Å². The van der Waals surface area contributed by atoms with Gasteiger partial charge in [-0.2, -0.15) is 4.98 Å². The zero-order chi connectivity index (χ0) is 11.4. The predicted octanol–water partition coefficient (Wildman–Crippen LogP) is 1.61. The molecule has 1 heterocycles. The summed E-state index contributed by atoms with van der Waals surface area (Å²) >= 11 is 11.3. The van der Waals surface area contributed by atoms with Gasteiger partial charge in [0.15, 0.2) is 11.0 Å². The maximum atomic E-state index is 9.12. The molecule has 0 amide bonds. The molecular weight excluding hydrogens is 239 g/mol. The Bertz CT molecular complexity index is 334. The predicted molar refractivity (Wildman–Crippen MR) is 59.2 cm³/mol. The van der Waals surface area contributed by atoms with E-state index in [-0.39, 0.29) is 29.0 Å². The fourth-order valence-electron chi connectivity index (χ4n) is 0.984. The van der Waals surface area contributed by atoms with E-state index in [9.17, 15) is 0 Å². The van der Waals surface area contributed by atoms with Crippen molar-refractivity contribution in [1.29, 1.82) is 0 Å². The molecule has 1 rings (SSSR count). The summed E-state index contributed by atoms with van der Waals surface area (Å²) in [5.41, 5.74) is 0. The zero-order valence-corrected chi connectivity index (χ0v) is 9.92. The molecule has 0 spiro atoms. The van der Waals surface area contributed by atoms with Crippen molar-refractivity contribution in [2.75, 3.05) is 11.9 Å². The molecule has 0 radical (unpaired) electrons. The van der Waals surface area contributed by atoms with Gasteiger partial charge in [-0.15, -0.1) is 10.2 Å². The highest BCUT2D eigenvalue weighted by molar-refractivity contribution is 6.32. The van der Waals surface area contributed by atoms with Gasteiger partial charge in [-0.25, -0.2) is 0 Å². The molecule has 0 aliphatic heterocycles. The van der Waals surface area contributed by atoms with Crippen molar-refractivity contribution in [2.45, 2.75) is 19.9 Å². The Balaban J connectivity index is 2.82. The van der Waals surface area contributed by atoms with Crippen molar-refractivity contribution >= 4 is 29.0 Å². The number of nitrogens with zero attached hydrogens (tertiary/aromatic N) is 3. The van der Waals surface area contributed by atoms with Crippen LogP contribution in [0.3, 0.4) is 0 Å². The molecule has 0 unspecified atom stereocenters. The van der Waals surface area contributed by atoms with E-state index in [0.29, 0.717) is 5.82 Å². The van der Waals surface area contributed by atoms with Gasteiger partial charge in [0, 0.05) is 0 Å². The number of aliphatic hydroxyl groups is 1. The molecule has 0 bridgehead atoms. The first-order valence-corrected chi connectivity index (χ1v) is 5.23. The molecule has 0 aliphatic carbocycles. The van der Waals surface area contributed by atoms with Crippen LogP contribution in [0.1, 0.15) is 13.8 Å². The third-order valence-electron chi connectivity index (χ3n) is 1.94. The maximum absolute atomic E-state index is 9.12. The number of halogens is 2. The Morgan fingerprint density at radius 1 is 1.33 bits per heavy atom. The summed E-state index contributed by atoms with van der Waals surface area (Å²) in [4.78, 5) is 3.88. The minimum atomic E-state index is -0.143. The molecule has 7 heteroatoms. The van der Waals surface area contributed by atoms with Crippen molar-refractivity contribution < 1.29 is 5.11 Å². The average molecular weight is 251 g/mol. The van der Waals surface area contributed by atoms with Crippen molar-refractivity contribution in [3.8, 4) is 0 Å². The molecule has 5 nitrogen and oxygen atoms in total. The van der Waals surface area contributed by atoms with Gasteiger partial charge in [-0.05, 0) is 17.5 Å². The Kier molecular flexibility index (Phi) is 4.50. The molecule has 1 atom stereocenters. The summed E-state index contributed by atoms with van der Waals surface area (Å²) in [7, 11) is 0. The summed E-state index contributed by atoms with van der Waals surface area (Å²) in [6, 6.07) is -0.143. The van der Waals surface area contributed by atoms with Crippen LogP contribution in [-0.2, 0) is 0 Å². The second-order valence-electron chi connectivity index (χ2n) is 3.40. The van der Waals surface area contributed by atoms with Gasteiger partial charge < -0.3 is 10.4 Å². The standard InChI is InChI=1S/C8H12Cl2N4O/c1-4(2)5(3-15)11-7-6(9)13-14-8(10)12-7/h4-5,15H,3H2,1-2H3,(H,11,12,14)/t5-/m1/s1. The number of hydrogen-bond donors (Lipinski definition) is 2. The van der Waals surface area contributed by atoms with Crippen LogP contribution in [-0.4, -0.2) is 32.9 Å². The first-order chi connectivity index (χ1) is 7.04. The van der Waals surface area contributed by atoms with E-state index in [1.165, 1.54) is 0 Å². The highest BCUT2D eigenvalue weighted by Crippen LogP contribution is 2.19. The highest BCUT2D eigenvalue weighted by Gasteiger charge is 2.15. The summed E-state index contributed by atoms with van der Waals surface area (Å²) < 4.78 is 0. The molecule has 2 N–H and O–H groups in total. The lowest BCUT2D eigenvalue weighted by Gasteiger charge is -2.20. The molecule has 0 saturated heterocycles. The lowest BCUT2D eigenvalue weighted by molar-refractivity contribution is 0.249. The molecular formula is C8H12Cl2N4O. The molecule has 0 fully saturated rings. The number of hydrogen-bond acceptors (Lipinski definition) is 5. The molecule has 0 saturated carbocycles. The van der Waals surface area contributed by atoms with Gasteiger partial charge in [0.05, 0.1) is 12.6 Å². The summed E-state index contributed by atoms with van der Waals surface area (Å²) in [6.45, 7) is 3.92. The Morgan fingerprint density at radius 2 is 2.00 bits per heavy atom. The SMILES string of the molecule is CC(C)[C@@H](CO)Nc1nc(Cl)nnc1Cl. The number of nitrogens with one attached hydrogen (secondary N) is 1. The third-order valence-corrected chi connectivity index (χ3v) is 2.36. The summed E-state index contributed by atoms with van der Waals surface area (Å²) in [5.74, 6) is 0.573. The molecule has 1 aromatic rings. The van der Waals surface area contributed by atoms with Crippen LogP contribution < -0.4 is 5.32 Å². The molecule has 0 aromatic carbocycles. The van der Waals surface area contributed by atoms with E-state index in [1.807, 2.05) is 13.8 Å². The summed E-state index contributed by atoms with van der Waals surface area (Å²) in [6.07, 6.45) is 0. The second kappa shape index (κ2) is 5.44. The molecule has 84 valence electrons. The van der Waals surface area contributed by atoms with Crippen molar-refractivity contribution in [2.24, 2.45) is 5.92 Å².